The molecule has 0 rings (SSSR count). The Morgan fingerprint density at radius 1 is 0.288 bits per heavy atom. The molecule has 0 aromatic carbocycles. The van der Waals surface area contributed by atoms with Crippen molar-refractivity contribution in [3.05, 3.63) is 0 Å². The smallest absolute Gasteiger partial charge is 0.306 e. The second-order valence-electron chi connectivity index (χ2n) is 21.1. The van der Waals surface area contributed by atoms with Gasteiger partial charge in [-0.15, -0.1) is 0 Å². The molecule has 0 saturated carbocycles. The van der Waals surface area contributed by atoms with Gasteiger partial charge in [0.05, 0.1) is 0 Å². The Morgan fingerprint density at radius 3 is 0.742 bits per heavy atom. The Labute approximate surface area is 412 Å². The van der Waals surface area contributed by atoms with E-state index in [0.29, 0.717) is 19.3 Å². The fraction of sp³-hybridized carbons (Fsp3) is 0.950. The molecule has 0 radical (unpaired) electrons. The molecule has 0 aromatic rings. The molecule has 392 valence electrons. The summed E-state index contributed by atoms with van der Waals surface area (Å²) in [5, 5.41) is 0. The molecule has 0 aliphatic carbocycles. The van der Waals surface area contributed by atoms with Crippen LogP contribution in [-0.4, -0.2) is 37.2 Å². The van der Waals surface area contributed by atoms with Crippen molar-refractivity contribution >= 4 is 17.9 Å². The lowest BCUT2D eigenvalue weighted by Crippen LogP contribution is -2.30. The van der Waals surface area contributed by atoms with Crippen molar-refractivity contribution in [2.24, 2.45) is 5.92 Å². The summed E-state index contributed by atoms with van der Waals surface area (Å²) in [5.74, 6) is 0.0199. The van der Waals surface area contributed by atoms with Crippen LogP contribution in [0, 0.1) is 5.92 Å². The Balaban J connectivity index is 4.28. The highest BCUT2D eigenvalue weighted by Crippen LogP contribution is 2.18. The van der Waals surface area contributed by atoms with Gasteiger partial charge >= 0.3 is 17.9 Å². The SMILES string of the molecule is CCCCCCCCCCCCCCCCCC(=O)OC[C@@H](COC(=O)CCCCCCCCCCCCCCCC)OC(=O)CCCCCCCCCCCCCCCCCCC(C)C. The standard InChI is InChI=1S/C60H116O6/c1-5-7-9-11-13-15-17-19-23-28-32-36-40-44-48-52-59(62)65-55-57(54-64-58(61)51-47-43-39-35-31-27-20-18-16-14-12-10-8-6-2)66-60(63)53-49-45-41-37-33-29-25-22-21-24-26-30-34-38-42-46-50-56(3)4/h56-57H,5-55H2,1-4H3/t57-/m1/s1. The second kappa shape index (κ2) is 54.4. The highest BCUT2D eigenvalue weighted by atomic mass is 16.6. The van der Waals surface area contributed by atoms with E-state index in [-0.39, 0.29) is 31.1 Å². The first-order valence-corrected chi connectivity index (χ1v) is 29.9. The van der Waals surface area contributed by atoms with Crippen molar-refractivity contribution in [2.45, 2.75) is 348 Å². The third-order valence-electron chi connectivity index (χ3n) is 13.8. The molecular weight excluding hydrogens is 817 g/mol. The zero-order valence-corrected chi connectivity index (χ0v) is 45.2. The zero-order valence-electron chi connectivity index (χ0n) is 45.2. The molecule has 0 aromatic heterocycles. The predicted molar refractivity (Wildman–Crippen MR) is 284 cm³/mol. The van der Waals surface area contributed by atoms with E-state index in [1.807, 2.05) is 0 Å². The first kappa shape index (κ1) is 64.4. The molecule has 0 saturated heterocycles. The number of rotatable bonds is 55. The van der Waals surface area contributed by atoms with E-state index in [1.54, 1.807) is 0 Å². The van der Waals surface area contributed by atoms with Crippen molar-refractivity contribution in [1.29, 1.82) is 0 Å². The quantitative estimate of drug-likeness (QED) is 0.0343. The molecule has 6 heteroatoms. The van der Waals surface area contributed by atoms with Gasteiger partial charge in [0, 0.05) is 19.3 Å². The van der Waals surface area contributed by atoms with Gasteiger partial charge < -0.3 is 14.2 Å². The average Bonchev–Trinajstić information content (AvgIpc) is 3.30. The fourth-order valence-electron chi connectivity index (χ4n) is 9.28. The summed E-state index contributed by atoms with van der Waals surface area (Å²) in [6, 6.07) is 0. The molecule has 6 nitrogen and oxygen atoms in total. The van der Waals surface area contributed by atoms with Crippen LogP contribution in [0.4, 0.5) is 0 Å². The van der Waals surface area contributed by atoms with E-state index in [9.17, 15) is 14.4 Å². The summed E-state index contributed by atoms with van der Waals surface area (Å²) in [6.45, 7) is 9.08. The number of hydrogen-bond acceptors (Lipinski definition) is 6. The van der Waals surface area contributed by atoms with Crippen molar-refractivity contribution in [2.75, 3.05) is 13.2 Å². The molecular formula is C60H116O6. The number of carbonyl (C=O) groups excluding carboxylic acids is 3. The molecule has 1 atom stereocenters. The third kappa shape index (κ3) is 53.4. The summed E-state index contributed by atoms with van der Waals surface area (Å²) in [5.41, 5.74) is 0. The van der Waals surface area contributed by atoms with E-state index in [1.165, 1.54) is 238 Å². The van der Waals surface area contributed by atoms with Crippen LogP contribution in [0.5, 0.6) is 0 Å². The molecule has 0 unspecified atom stereocenters. The lowest BCUT2D eigenvalue weighted by Gasteiger charge is -2.18. The highest BCUT2D eigenvalue weighted by molar-refractivity contribution is 5.71. The van der Waals surface area contributed by atoms with Crippen LogP contribution in [0.25, 0.3) is 0 Å². The minimum Gasteiger partial charge on any atom is -0.462 e. The van der Waals surface area contributed by atoms with Crippen LogP contribution in [0.3, 0.4) is 0 Å². The van der Waals surface area contributed by atoms with Gasteiger partial charge in [0.1, 0.15) is 13.2 Å². The Hall–Kier alpha value is -1.59. The molecule has 0 heterocycles. The van der Waals surface area contributed by atoms with Crippen molar-refractivity contribution < 1.29 is 28.6 Å². The monoisotopic (exact) mass is 933 g/mol. The zero-order chi connectivity index (χ0) is 48.1. The second-order valence-corrected chi connectivity index (χ2v) is 21.1. The fourth-order valence-corrected chi connectivity index (χ4v) is 9.28. The topological polar surface area (TPSA) is 78.9 Å². The van der Waals surface area contributed by atoms with Gasteiger partial charge in [-0.2, -0.15) is 0 Å². The summed E-state index contributed by atoms with van der Waals surface area (Å²) in [6.07, 6.45) is 59.5. The van der Waals surface area contributed by atoms with Crippen LogP contribution >= 0.6 is 0 Å². The largest absolute Gasteiger partial charge is 0.462 e. The number of esters is 3. The molecule has 0 fully saturated rings. The van der Waals surface area contributed by atoms with Crippen molar-refractivity contribution in [3.8, 4) is 0 Å². The van der Waals surface area contributed by atoms with Gasteiger partial charge in [-0.1, -0.05) is 304 Å². The van der Waals surface area contributed by atoms with Crippen molar-refractivity contribution in [3.63, 3.8) is 0 Å². The first-order valence-electron chi connectivity index (χ1n) is 29.9. The normalized spacial score (nSPS) is 12.0. The Kier molecular flexibility index (Phi) is 53.0. The van der Waals surface area contributed by atoms with E-state index in [2.05, 4.69) is 27.7 Å². The summed E-state index contributed by atoms with van der Waals surface area (Å²) >= 11 is 0. The average molecular weight is 934 g/mol. The summed E-state index contributed by atoms with van der Waals surface area (Å²) in [7, 11) is 0. The summed E-state index contributed by atoms with van der Waals surface area (Å²) < 4.78 is 16.9. The minimum atomic E-state index is -0.762. The maximum absolute atomic E-state index is 12.9. The number of unbranched alkanes of at least 4 members (excludes halogenated alkanes) is 42. The van der Waals surface area contributed by atoms with Crippen LogP contribution in [-0.2, 0) is 28.6 Å². The van der Waals surface area contributed by atoms with Gasteiger partial charge in [-0.05, 0) is 25.2 Å². The van der Waals surface area contributed by atoms with Gasteiger partial charge in [-0.3, -0.25) is 14.4 Å². The van der Waals surface area contributed by atoms with Crippen LogP contribution in [0.2, 0.25) is 0 Å². The first-order chi connectivity index (χ1) is 32.4. The van der Waals surface area contributed by atoms with Crippen LogP contribution in [0.15, 0.2) is 0 Å². The van der Waals surface area contributed by atoms with Gasteiger partial charge in [-0.25, -0.2) is 0 Å². The van der Waals surface area contributed by atoms with Crippen LogP contribution in [0.1, 0.15) is 342 Å². The van der Waals surface area contributed by atoms with Gasteiger partial charge in [0.15, 0.2) is 6.10 Å². The molecule has 0 N–H and O–H groups in total. The predicted octanol–water partition coefficient (Wildman–Crippen LogP) is 19.8. The van der Waals surface area contributed by atoms with E-state index in [0.717, 1.165) is 63.7 Å². The summed E-state index contributed by atoms with van der Waals surface area (Å²) in [4.78, 5) is 38.2. The van der Waals surface area contributed by atoms with E-state index >= 15 is 0 Å². The number of hydrogen-bond donors (Lipinski definition) is 0. The molecule has 0 aliphatic rings. The molecule has 0 bridgehead atoms. The lowest BCUT2D eigenvalue weighted by molar-refractivity contribution is -0.167. The van der Waals surface area contributed by atoms with E-state index in [4.69, 9.17) is 14.2 Å². The van der Waals surface area contributed by atoms with E-state index < -0.39 is 6.10 Å². The molecule has 66 heavy (non-hydrogen) atoms. The number of carbonyl (C=O) groups is 3. The Morgan fingerprint density at radius 2 is 0.500 bits per heavy atom. The number of ether oxygens (including phenoxy) is 3. The third-order valence-corrected chi connectivity index (χ3v) is 13.8. The van der Waals surface area contributed by atoms with Crippen LogP contribution < -0.4 is 0 Å². The molecule has 0 spiro atoms. The molecule has 0 amide bonds. The van der Waals surface area contributed by atoms with Gasteiger partial charge in [0.2, 0.25) is 0 Å². The lowest BCUT2D eigenvalue weighted by atomic mass is 10.0. The maximum Gasteiger partial charge on any atom is 0.306 e. The highest BCUT2D eigenvalue weighted by Gasteiger charge is 2.19. The maximum atomic E-state index is 12.9. The van der Waals surface area contributed by atoms with Gasteiger partial charge in [0.25, 0.3) is 0 Å². The Bertz CT molecular complexity index is 996. The minimum absolute atomic E-state index is 0.0615. The van der Waals surface area contributed by atoms with Crippen molar-refractivity contribution in [1.82, 2.24) is 0 Å². The molecule has 0 aliphatic heterocycles.